The molecule has 0 aromatic carbocycles. The summed E-state index contributed by atoms with van der Waals surface area (Å²) < 4.78 is 0. The monoisotopic (exact) mass is 237 g/mol. The van der Waals surface area contributed by atoms with Gasteiger partial charge < -0.3 is 5.11 Å². The molecule has 1 saturated heterocycles. The van der Waals surface area contributed by atoms with Crippen molar-refractivity contribution in [2.45, 2.75) is 63.8 Å². The molecule has 0 aromatic rings. The lowest BCUT2D eigenvalue weighted by Crippen LogP contribution is -2.62. The van der Waals surface area contributed by atoms with Crippen LogP contribution in [0.15, 0.2) is 0 Å². The van der Waals surface area contributed by atoms with Gasteiger partial charge in [-0.2, -0.15) is 0 Å². The van der Waals surface area contributed by atoms with Gasteiger partial charge in [0, 0.05) is 25.7 Å². The highest BCUT2D eigenvalue weighted by molar-refractivity contribution is 5.00. The van der Waals surface area contributed by atoms with Crippen molar-refractivity contribution in [3.05, 3.63) is 0 Å². The predicted octanol–water partition coefficient (Wildman–Crippen LogP) is 2.80. The Morgan fingerprint density at radius 2 is 1.65 bits per heavy atom. The molecule has 1 aliphatic heterocycles. The van der Waals surface area contributed by atoms with E-state index >= 15 is 0 Å². The first-order chi connectivity index (χ1) is 8.33. The molecule has 98 valence electrons. The highest BCUT2D eigenvalue weighted by atomic mass is 16.3. The summed E-state index contributed by atoms with van der Waals surface area (Å²) in [5, 5.41) is 9.51. The summed E-state index contributed by atoms with van der Waals surface area (Å²) in [4.78, 5) is 2.70. The van der Waals surface area contributed by atoms with E-state index in [9.17, 15) is 5.11 Å². The van der Waals surface area contributed by atoms with Gasteiger partial charge in [0.25, 0.3) is 0 Å². The zero-order valence-electron chi connectivity index (χ0n) is 11.0. The van der Waals surface area contributed by atoms with Gasteiger partial charge in [-0.25, -0.2) is 0 Å². The Labute approximate surface area is 105 Å². The lowest BCUT2D eigenvalue weighted by molar-refractivity contribution is -0.0833. The van der Waals surface area contributed by atoms with Crippen LogP contribution in [0.3, 0.4) is 0 Å². The molecule has 2 unspecified atom stereocenters. The fraction of sp³-hybridized carbons (Fsp3) is 1.00. The summed E-state index contributed by atoms with van der Waals surface area (Å²) in [6, 6.07) is 0.710. The van der Waals surface area contributed by atoms with Crippen molar-refractivity contribution in [3.8, 4) is 0 Å². The fourth-order valence-electron chi connectivity index (χ4n) is 4.55. The van der Waals surface area contributed by atoms with E-state index in [1.54, 1.807) is 0 Å². The average Bonchev–Trinajstić information content (AvgIpc) is 2.37. The number of aliphatic hydroxyl groups is 1. The van der Waals surface area contributed by atoms with E-state index in [4.69, 9.17) is 0 Å². The molecule has 1 spiro atoms. The first-order valence-electron chi connectivity index (χ1n) is 7.68. The summed E-state index contributed by atoms with van der Waals surface area (Å²) in [5.74, 6) is 0.574. The van der Waals surface area contributed by atoms with Gasteiger partial charge in [0.1, 0.15) is 0 Å². The van der Waals surface area contributed by atoms with Crippen molar-refractivity contribution in [3.63, 3.8) is 0 Å². The van der Waals surface area contributed by atoms with E-state index in [-0.39, 0.29) is 0 Å². The van der Waals surface area contributed by atoms with Crippen LogP contribution in [0, 0.1) is 11.3 Å². The maximum Gasteiger partial charge on any atom is 0.0474 e. The van der Waals surface area contributed by atoms with Crippen LogP contribution in [0.4, 0.5) is 0 Å². The molecule has 0 radical (unpaired) electrons. The zero-order chi connectivity index (χ0) is 11.7. The van der Waals surface area contributed by atoms with Crippen LogP contribution in [-0.2, 0) is 0 Å². The molecule has 2 atom stereocenters. The van der Waals surface area contributed by atoms with Gasteiger partial charge in [0.15, 0.2) is 0 Å². The molecular weight excluding hydrogens is 210 g/mol. The van der Waals surface area contributed by atoms with Crippen molar-refractivity contribution >= 4 is 0 Å². The minimum atomic E-state index is 0.411. The minimum absolute atomic E-state index is 0.411. The maximum atomic E-state index is 9.51. The lowest BCUT2D eigenvalue weighted by atomic mass is 9.67. The van der Waals surface area contributed by atoms with Crippen LogP contribution in [0.1, 0.15) is 57.8 Å². The maximum absolute atomic E-state index is 9.51. The van der Waals surface area contributed by atoms with Crippen LogP contribution in [0.25, 0.3) is 0 Å². The van der Waals surface area contributed by atoms with Crippen LogP contribution in [0.5, 0.6) is 0 Å². The zero-order valence-corrected chi connectivity index (χ0v) is 11.0. The smallest absolute Gasteiger partial charge is 0.0474 e. The van der Waals surface area contributed by atoms with Gasteiger partial charge in [-0.15, -0.1) is 0 Å². The molecule has 2 aliphatic carbocycles. The second kappa shape index (κ2) is 4.89. The van der Waals surface area contributed by atoms with E-state index < -0.39 is 0 Å². The van der Waals surface area contributed by atoms with Crippen LogP contribution >= 0.6 is 0 Å². The van der Waals surface area contributed by atoms with Gasteiger partial charge in [-0.3, -0.25) is 4.90 Å². The number of nitrogens with zero attached hydrogens (tertiary/aromatic N) is 1. The lowest BCUT2D eigenvalue weighted by Gasteiger charge is -2.57. The highest BCUT2D eigenvalue weighted by Gasteiger charge is 2.47. The Morgan fingerprint density at radius 3 is 2.35 bits per heavy atom. The molecule has 0 amide bonds. The van der Waals surface area contributed by atoms with Gasteiger partial charge in [0.2, 0.25) is 0 Å². The molecule has 17 heavy (non-hydrogen) atoms. The van der Waals surface area contributed by atoms with Crippen LogP contribution < -0.4 is 0 Å². The van der Waals surface area contributed by atoms with Gasteiger partial charge >= 0.3 is 0 Å². The van der Waals surface area contributed by atoms with Crippen molar-refractivity contribution in [2.24, 2.45) is 11.3 Å². The van der Waals surface area contributed by atoms with Crippen molar-refractivity contribution < 1.29 is 5.11 Å². The van der Waals surface area contributed by atoms with E-state index in [0.717, 1.165) is 0 Å². The molecule has 3 fully saturated rings. The quantitative estimate of drug-likeness (QED) is 0.798. The first-order valence-corrected chi connectivity index (χ1v) is 7.68. The van der Waals surface area contributed by atoms with E-state index in [0.29, 0.717) is 24.0 Å². The second-order valence-corrected chi connectivity index (χ2v) is 6.76. The minimum Gasteiger partial charge on any atom is -0.396 e. The summed E-state index contributed by atoms with van der Waals surface area (Å²) in [7, 11) is 0. The third-order valence-corrected chi connectivity index (χ3v) is 5.56. The van der Waals surface area contributed by atoms with Crippen LogP contribution in [0.2, 0.25) is 0 Å². The Kier molecular flexibility index (Phi) is 3.45. The summed E-state index contributed by atoms with van der Waals surface area (Å²) in [5.41, 5.74) is 0.704. The molecule has 0 aromatic heterocycles. The Balaban J connectivity index is 1.56. The molecule has 3 aliphatic rings. The van der Waals surface area contributed by atoms with E-state index in [2.05, 4.69) is 4.90 Å². The van der Waals surface area contributed by atoms with Crippen molar-refractivity contribution in [2.75, 3.05) is 19.7 Å². The third-order valence-electron chi connectivity index (χ3n) is 5.56. The standard InChI is InChI=1S/C15H27NO/c17-10-13-6-2-3-7-14(13)16-11-15(12-16)8-4-1-5-9-15/h13-14,17H,1-12H2. The third kappa shape index (κ3) is 2.26. The molecule has 0 bridgehead atoms. The van der Waals surface area contributed by atoms with Crippen molar-refractivity contribution in [1.29, 1.82) is 0 Å². The van der Waals surface area contributed by atoms with Crippen molar-refractivity contribution in [1.82, 2.24) is 4.90 Å². The Hall–Kier alpha value is -0.0800. The fourth-order valence-corrected chi connectivity index (χ4v) is 4.55. The van der Waals surface area contributed by atoms with Gasteiger partial charge in [0.05, 0.1) is 0 Å². The summed E-state index contributed by atoms with van der Waals surface area (Å²) >= 11 is 0. The Morgan fingerprint density at radius 1 is 0.941 bits per heavy atom. The molecule has 2 nitrogen and oxygen atoms in total. The topological polar surface area (TPSA) is 23.5 Å². The predicted molar refractivity (Wildman–Crippen MR) is 69.9 cm³/mol. The highest BCUT2D eigenvalue weighted by Crippen LogP contribution is 2.46. The first kappa shape index (κ1) is 12.0. The number of likely N-dealkylation sites (tertiary alicyclic amines) is 1. The molecule has 1 N–H and O–H groups in total. The number of hydrogen-bond donors (Lipinski definition) is 1. The van der Waals surface area contributed by atoms with E-state index in [1.807, 2.05) is 0 Å². The molecule has 1 heterocycles. The summed E-state index contributed by atoms with van der Waals surface area (Å²) in [6.07, 6.45) is 12.6. The summed E-state index contributed by atoms with van der Waals surface area (Å²) in [6.45, 7) is 3.09. The SMILES string of the molecule is OCC1CCCCC1N1CC2(CCCCC2)C1. The average molecular weight is 237 g/mol. The molecule has 2 saturated carbocycles. The van der Waals surface area contributed by atoms with E-state index in [1.165, 1.54) is 70.9 Å². The Bertz CT molecular complexity index is 252. The second-order valence-electron chi connectivity index (χ2n) is 6.76. The number of hydrogen-bond acceptors (Lipinski definition) is 2. The van der Waals surface area contributed by atoms with Gasteiger partial charge in [-0.1, -0.05) is 32.1 Å². The number of rotatable bonds is 2. The normalized spacial score (nSPS) is 37.9. The molecular formula is C15H27NO. The van der Waals surface area contributed by atoms with Gasteiger partial charge in [-0.05, 0) is 37.0 Å². The number of aliphatic hydroxyl groups excluding tert-OH is 1. The molecule has 2 heteroatoms. The molecule has 3 rings (SSSR count). The van der Waals surface area contributed by atoms with Crippen LogP contribution in [-0.4, -0.2) is 35.7 Å². The largest absolute Gasteiger partial charge is 0.396 e.